The Morgan fingerprint density at radius 3 is 2.79 bits per heavy atom. The lowest BCUT2D eigenvalue weighted by molar-refractivity contribution is -0.146. The van der Waals surface area contributed by atoms with Crippen LogP contribution >= 0.6 is 11.8 Å². The second kappa shape index (κ2) is 4.47. The molecule has 0 aromatic rings. The molecule has 82 valence electrons. The highest BCUT2D eigenvalue weighted by atomic mass is 32.2. The highest BCUT2D eigenvalue weighted by molar-refractivity contribution is 7.99. The van der Waals surface area contributed by atoms with Crippen molar-refractivity contribution >= 4 is 17.7 Å². The molecule has 2 nitrogen and oxygen atoms in total. The Bertz CT molecular complexity index is 223. The number of amides is 1. The number of halogens is 2. The zero-order chi connectivity index (χ0) is 10.8. The van der Waals surface area contributed by atoms with E-state index in [9.17, 15) is 13.6 Å². The third-order valence-electron chi connectivity index (χ3n) is 2.58. The highest BCUT2D eigenvalue weighted by Gasteiger charge is 2.42. The summed E-state index contributed by atoms with van der Waals surface area (Å²) in [5.74, 6) is -3.21. The largest absolute Gasteiger partial charge is 0.336 e. The predicted molar refractivity (Wildman–Crippen MR) is 53.7 cm³/mol. The van der Waals surface area contributed by atoms with Crippen LogP contribution in [0.25, 0.3) is 0 Å². The van der Waals surface area contributed by atoms with E-state index in [1.165, 1.54) is 23.6 Å². The van der Waals surface area contributed by atoms with Crippen molar-refractivity contribution in [2.24, 2.45) is 5.92 Å². The number of piperidine rings is 1. The smallest absolute Gasteiger partial charge is 0.267 e. The van der Waals surface area contributed by atoms with Crippen molar-refractivity contribution in [2.75, 3.05) is 25.1 Å². The SMILES string of the molecule is CSCC(=O)N1CC[C@H](C)C(F)(F)C1. The summed E-state index contributed by atoms with van der Waals surface area (Å²) < 4.78 is 26.5. The molecule has 1 saturated heterocycles. The van der Waals surface area contributed by atoms with E-state index in [0.29, 0.717) is 18.7 Å². The Kier molecular flexibility index (Phi) is 3.75. The van der Waals surface area contributed by atoms with Crippen molar-refractivity contribution in [3.8, 4) is 0 Å². The van der Waals surface area contributed by atoms with Gasteiger partial charge in [0.2, 0.25) is 5.91 Å². The molecule has 1 atom stereocenters. The first-order valence-electron chi connectivity index (χ1n) is 4.62. The molecular formula is C9H15F2NOS. The van der Waals surface area contributed by atoms with E-state index in [4.69, 9.17) is 0 Å². The summed E-state index contributed by atoms with van der Waals surface area (Å²) in [6.45, 7) is 1.60. The van der Waals surface area contributed by atoms with Crippen LogP contribution in [0.4, 0.5) is 8.78 Å². The maximum absolute atomic E-state index is 13.2. The molecular weight excluding hydrogens is 208 g/mol. The van der Waals surface area contributed by atoms with E-state index in [1.807, 2.05) is 0 Å². The van der Waals surface area contributed by atoms with Crippen molar-refractivity contribution < 1.29 is 13.6 Å². The molecule has 5 heteroatoms. The number of alkyl halides is 2. The normalized spacial score (nSPS) is 26.3. The van der Waals surface area contributed by atoms with Crippen molar-refractivity contribution in [2.45, 2.75) is 19.3 Å². The van der Waals surface area contributed by atoms with Gasteiger partial charge in [0, 0.05) is 12.5 Å². The van der Waals surface area contributed by atoms with Crippen LogP contribution in [0.15, 0.2) is 0 Å². The van der Waals surface area contributed by atoms with Crippen LogP contribution in [0.3, 0.4) is 0 Å². The van der Waals surface area contributed by atoms with E-state index in [1.54, 1.807) is 6.26 Å². The van der Waals surface area contributed by atoms with Gasteiger partial charge < -0.3 is 4.90 Å². The number of thioether (sulfide) groups is 1. The molecule has 0 unspecified atom stereocenters. The van der Waals surface area contributed by atoms with Crippen LogP contribution in [0.1, 0.15) is 13.3 Å². The molecule has 0 bridgehead atoms. The quantitative estimate of drug-likeness (QED) is 0.712. The van der Waals surface area contributed by atoms with Gasteiger partial charge in [-0.3, -0.25) is 4.79 Å². The maximum Gasteiger partial charge on any atom is 0.267 e. The molecule has 0 aliphatic carbocycles. The first-order valence-corrected chi connectivity index (χ1v) is 6.01. The molecule has 1 heterocycles. The van der Waals surface area contributed by atoms with Gasteiger partial charge in [-0.25, -0.2) is 8.78 Å². The number of rotatable bonds is 2. The molecule has 1 aliphatic rings. The van der Waals surface area contributed by atoms with Gasteiger partial charge in [0.15, 0.2) is 0 Å². The molecule has 14 heavy (non-hydrogen) atoms. The molecule has 0 aromatic heterocycles. The monoisotopic (exact) mass is 223 g/mol. The van der Waals surface area contributed by atoms with Crippen molar-refractivity contribution in [1.82, 2.24) is 4.90 Å². The van der Waals surface area contributed by atoms with E-state index in [-0.39, 0.29) is 5.91 Å². The Hall–Kier alpha value is -0.320. The van der Waals surface area contributed by atoms with Gasteiger partial charge in [0.1, 0.15) is 0 Å². The van der Waals surface area contributed by atoms with Gasteiger partial charge >= 0.3 is 0 Å². The van der Waals surface area contributed by atoms with Crippen molar-refractivity contribution in [1.29, 1.82) is 0 Å². The molecule has 1 amide bonds. The molecule has 0 aromatic carbocycles. The van der Waals surface area contributed by atoms with E-state index in [2.05, 4.69) is 0 Å². The minimum atomic E-state index is -2.72. The van der Waals surface area contributed by atoms with Crippen molar-refractivity contribution in [3.05, 3.63) is 0 Å². The third kappa shape index (κ3) is 2.59. The summed E-state index contributed by atoms with van der Waals surface area (Å²) in [4.78, 5) is 12.6. The fraction of sp³-hybridized carbons (Fsp3) is 0.889. The van der Waals surface area contributed by atoms with Crippen LogP contribution in [0.5, 0.6) is 0 Å². The van der Waals surface area contributed by atoms with E-state index < -0.39 is 18.4 Å². The molecule has 1 aliphatic heterocycles. The van der Waals surface area contributed by atoms with Gasteiger partial charge in [0.25, 0.3) is 5.92 Å². The topological polar surface area (TPSA) is 20.3 Å². The Morgan fingerprint density at radius 1 is 1.64 bits per heavy atom. The fourth-order valence-corrected chi connectivity index (χ4v) is 1.91. The lowest BCUT2D eigenvalue weighted by Gasteiger charge is -2.36. The van der Waals surface area contributed by atoms with Crippen LogP contribution in [0, 0.1) is 5.92 Å². The summed E-state index contributed by atoms with van der Waals surface area (Å²) in [7, 11) is 0. The molecule has 1 rings (SSSR count). The number of carbonyl (C=O) groups is 1. The van der Waals surface area contributed by atoms with Gasteiger partial charge in [0.05, 0.1) is 12.3 Å². The average molecular weight is 223 g/mol. The van der Waals surface area contributed by atoms with Crippen LogP contribution in [-0.4, -0.2) is 41.8 Å². The molecule has 0 spiro atoms. The Balaban J connectivity index is 2.55. The summed E-state index contributed by atoms with van der Waals surface area (Å²) in [6, 6.07) is 0. The molecule has 0 radical (unpaired) electrons. The Morgan fingerprint density at radius 2 is 2.29 bits per heavy atom. The minimum absolute atomic E-state index is 0.177. The van der Waals surface area contributed by atoms with E-state index in [0.717, 1.165) is 0 Å². The number of hydrogen-bond donors (Lipinski definition) is 0. The first-order chi connectivity index (χ1) is 6.47. The summed E-state index contributed by atoms with van der Waals surface area (Å²) >= 11 is 1.37. The van der Waals surface area contributed by atoms with Crippen molar-refractivity contribution in [3.63, 3.8) is 0 Å². The standard InChI is InChI=1S/C9H15F2NOS/c1-7-3-4-12(6-9(7,10)11)8(13)5-14-2/h7H,3-6H2,1-2H3/t7-/m0/s1. The molecule has 0 N–H and O–H groups in total. The van der Waals surface area contributed by atoms with Gasteiger partial charge in [-0.05, 0) is 12.7 Å². The van der Waals surface area contributed by atoms with Crippen LogP contribution in [0.2, 0.25) is 0 Å². The second-order valence-corrected chi connectivity index (χ2v) is 4.57. The molecule has 1 fully saturated rings. The maximum atomic E-state index is 13.2. The summed E-state index contributed by atoms with van der Waals surface area (Å²) in [5, 5.41) is 0. The van der Waals surface area contributed by atoms with E-state index >= 15 is 0 Å². The lowest BCUT2D eigenvalue weighted by Crippen LogP contribution is -2.50. The summed E-state index contributed by atoms with van der Waals surface area (Å²) in [6.07, 6.45) is 2.19. The minimum Gasteiger partial charge on any atom is -0.336 e. The van der Waals surface area contributed by atoms with Gasteiger partial charge in [-0.2, -0.15) is 11.8 Å². The zero-order valence-corrected chi connectivity index (χ0v) is 9.24. The van der Waals surface area contributed by atoms with Gasteiger partial charge in [-0.15, -0.1) is 0 Å². The lowest BCUT2D eigenvalue weighted by atomic mass is 9.95. The number of hydrogen-bond acceptors (Lipinski definition) is 2. The number of likely N-dealkylation sites (tertiary alicyclic amines) is 1. The zero-order valence-electron chi connectivity index (χ0n) is 8.43. The summed E-state index contributed by atoms with van der Waals surface area (Å²) in [5.41, 5.74) is 0. The van der Waals surface area contributed by atoms with Gasteiger partial charge in [-0.1, -0.05) is 6.92 Å². The fourth-order valence-electron chi connectivity index (χ4n) is 1.48. The third-order valence-corrected chi connectivity index (χ3v) is 3.11. The number of carbonyl (C=O) groups excluding carboxylic acids is 1. The highest BCUT2D eigenvalue weighted by Crippen LogP contribution is 2.32. The van der Waals surface area contributed by atoms with Crippen LogP contribution < -0.4 is 0 Å². The first kappa shape index (κ1) is 11.8. The molecule has 0 saturated carbocycles. The Labute approximate surface area is 87.0 Å². The number of nitrogens with zero attached hydrogens (tertiary/aromatic N) is 1. The predicted octanol–water partition coefficient (Wildman–Crippen LogP) is 1.85. The average Bonchev–Trinajstić information content (AvgIpc) is 2.10. The van der Waals surface area contributed by atoms with Crippen LogP contribution in [-0.2, 0) is 4.79 Å². The second-order valence-electron chi connectivity index (χ2n) is 3.70.